The summed E-state index contributed by atoms with van der Waals surface area (Å²) in [6.45, 7) is 5.58. The molecular formula is C14H20ClN3O3. The molecule has 7 heteroatoms. The molecule has 1 saturated heterocycles. The number of benzene rings is 1. The van der Waals surface area contributed by atoms with Gasteiger partial charge in [0.2, 0.25) is 0 Å². The summed E-state index contributed by atoms with van der Waals surface area (Å²) in [6, 6.07) is 4.49. The maximum Gasteiger partial charge on any atom is 0.270 e. The van der Waals surface area contributed by atoms with Gasteiger partial charge in [-0.3, -0.25) is 14.9 Å². The van der Waals surface area contributed by atoms with Gasteiger partial charge in [0.25, 0.3) is 11.6 Å². The first-order valence-electron chi connectivity index (χ1n) is 6.60. The molecule has 1 unspecified atom stereocenters. The van der Waals surface area contributed by atoms with Gasteiger partial charge in [-0.05, 0) is 36.9 Å². The largest absolute Gasteiger partial charge is 0.338 e. The van der Waals surface area contributed by atoms with Gasteiger partial charge >= 0.3 is 0 Å². The lowest BCUT2D eigenvalue weighted by atomic mass is 9.90. The normalized spacial score (nSPS) is 21.0. The molecule has 2 rings (SSSR count). The van der Waals surface area contributed by atoms with Crippen molar-refractivity contribution in [2.45, 2.75) is 20.3 Å². The maximum absolute atomic E-state index is 12.4. The monoisotopic (exact) mass is 313 g/mol. The molecule has 0 spiro atoms. The average molecular weight is 314 g/mol. The molecule has 2 N–H and O–H groups in total. The molecule has 0 aliphatic carbocycles. The van der Waals surface area contributed by atoms with Gasteiger partial charge in [0.15, 0.2) is 0 Å². The number of carbonyl (C=O) groups excluding carboxylic acids is 1. The van der Waals surface area contributed by atoms with Crippen LogP contribution in [-0.4, -0.2) is 35.4 Å². The van der Waals surface area contributed by atoms with E-state index in [4.69, 9.17) is 5.73 Å². The van der Waals surface area contributed by atoms with Crippen LogP contribution in [0.3, 0.4) is 0 Å². The number of likely N-dealkylation sites (tertiary alicyclic amines) is 1. The van der Waals surface area contributed by atoms with Gasteiger partial charge in [-0.1, -0.05) is 6.92 Å². The van der Waals surface area contributed by atoms with Crippen LogP contribution in [0.25, 0.3) is 0 Å². The average Bonchev–Trinajstić information content (AvgIpc) is 2.80. The smallest absolute Gasteiger partial charge is 0.270 e. The highest BCUT2D eigenvalue weighted by Gasteiger charge is 2.35. The zero-order valence-electron chi connectivity index (χ0n) is 12.2. The van der Waals surface area contributed by atoms with E-state index in [0.29, 0.717) is 30.8 Å². The number of nitro benzene ring substituents is 1. The Labute approximate surface area is 129 Å². The van der Waals surface area contributed by atoms with Gasteiger partial charge in [-0.2, -0.15) is 0 Å². The molecule has 1 atom stereocenters. The van der Waals surface area contributed by atoms with Crippen LogP contribution in [0.1, 0.15) is 29.3 Å². The van der Waals surface area contributed by atoms with Crippen molar-refractivity contribution in [3.63, 3.8) is 0 Å². The number of non-ortho nitro benzene ring substituents is 1. The zero-order chi connectivity index (χ0) is 14.9. The van der Waals surface area contributed by atoms with Crippen LogP contribution in [0.5, 0.6) is 0 Å². The molecule has 0 aromatic heterocycles. The van der Waals surface area contributed by atoms with Gasteiger partial charge in [0, 0.05) is 30.8 Å². The van der Waals surface area contributed by atoms with E-state index in [2.05, 4.69) is 6.92 Å². The molecule has 0 bridgehead atoms. The Morgan fingerprint density at radius 2 is 2.14 bits per heavy atom. The number of hydrogen-bond acceptors (Lipinski definition) is 4. The fourth-order valence-electron chi connectivity index (χ4n) is 2.54. The molecule has 0 saturated carbocycles. The van der Waals surface area contributed by atoms with E-state index in [-0.39, 0.29) is 29.4 Å². The molecule has 116 valence electrons. The summed E-state index contributed by atoms with van der Waals surface area (Å²) >= 11 is 0. The van der Waals surface area contributed by atoms with E-state index in [1.165, 1.54) is 12.1 Å². The molecule has 0 radical (unpaired) electrons. The predicted octanol–water partition coefficient (Wildman–Crippen LogP) is 2.14. The van der Waals surface area contributed by atoms with Gasteiger partial charge in [-0.25, -0.2) is 0 Å². The lowest BCUT2D eigenvalue weighted by Crippen LogP contribution is -2.34. The second kappa shape index (κ2) is 6.41. The van der Waals surface area contributed by atoms with Gasteiger partial charge in [-0.15, -0.1) is 12.4 Å². The fourth-order valence-corrected chi connectivity index (χ4v) is 2.54. The molecule has 1 aliphatic heterocycles. The van der Waals surface area contributed by atoms with Crippen molar-refractivity contribution in [2.75, 3.05) is 19.6 Å². The Morgan fingerprint density at radius 1 is 1.48 bits per heavy atom. The minimum Gasteiger partial charge on any atom is -0.338 e. The lowest BCUT2D eigenvalue weighted by Gasteiger charge is -2.22. The highest BCUT2D eigenvalue weighted by molar-refractivity contribution is 5.95. The van der Waals surface area contributed by atoms with Crippen LogP contribution in [0.2, 0.25) is 0 Å². The summed E-state index contributed by atoms with van der Waals surface area (Å²) in [4.78, 5) is 24.6. The quantitative estimate of drug-likeness (QED) is 0.684. The molecule has 1 fully saturated rings. The molecule has 1 aromatic carbocycles. The van der Waals surface area contributed by atoms with Crippen molar-refractivity contribution < 1.29 is 9.72 Å². The van der Waals surface area contributed by atoms with Crippen LogP contribution < -0.4 is 5.73 Å². The van der Waals surface area contributed by atoms with Crippen molar-refractivity contribution >= 4 is 24.0 Å². The van der Waals surface area contributed by atoms with E-state index in [0.717, 1.165) is 6.42 Å². The van der Waals surface area contributed by atoms with Crippen molar-refractivity contribution in [2.24, 2.45) is 11.1 Å². The van der Waals surface area contributed by atoms with Crippen LogP contribution in [0, 0.1) is 22.5 Å². The maximum atomic E-state index is 12.4. The van der Waals surface area contributed by atoms with Crippen molar-refractivity contribution in [3.05, 3.63) is 39.4 Å². The topological polar surface area (TPSA) is 89.5 Å². The Bertz CT molecular complexity index is 564. The molecule has 21 heavy (non-hydrogen) atoms. The van der Waals surface area contributed by atoms with Crippen molar-refractivity contribution in [1.82, 2.24) is 4.90 Å². The number of nitro groups is 1. The number of carbonyl (C=O) groups is 1. The highest BCUT2D eigenvalue weighted by atomic mass is 35.5. The standard InChI is InChI=1S/C14H19N3O3.ClH/c1-10-5-11(7-12(6-10)17(19)20)13(18)16-4-3-14(2,8-15)9-16;/h5-7H,3-4,8-9,15H2,1-2H3;1H. The van der Waals surface area contributed by atoms with Crippen molar-refractivity contribution in [3.8, 4) is 0 Å². The molecule has 1 aromatic rings. The Hall–Kier alpha value is -1.66. The third kappa shape index (κ3) is 3.71. The summed E-state index contributed by atoms with van der Waals surface area (Å²) in [7, 11) is 0. The second-order valence-corrected chi connectivity index (χ2v) is 5.81. The minimum absolute atomic E-state index is 0. The summed E-state index contributed by atoms with van der Waals surface area (Å²) in [5, 5.41) is 10.9. The van der Waals surface area contributed by atoms with Crippen molar-refractivity contribution in [1.29, 1.82) is 0 Å². The lowest BCUT2D eigenvalue weighted by molar-refractivity contribution is -0.384. The molecular weight excluding hydrogens is 294 g/mol. The van der Waals surface area contributed by atoms with Crippen LogP contribution in [0.15, 0.2) is 18.2 Å². The number of rotatable bonds is 3. The number of nitrogens with two attached hydrogens (primary N) is 1. The predicted molar refractivity (Wildman–Crippen MR) is 82.8 cm³/mol. The third-order valence-electron chi connectivity index (χ3n) is 3.86. The molecule has 1 amide bonds. The minimum atomic E-state index is -0.474. The Morgan fingerprint density at radius 3 is 2.67 bits per heavy atom. The number of halogens is 1. The highest BCUT2D eigenvalue weighted by Crippen LogP contribution is 2.30. The van der Waals surface area contributed by atoms with E-state index in [1.54, 1.807) is 17.9 Å². The Kier molecular flexibility index (Phi) is 5.31. The van der Waals surface area contributed by atoms with E-state index in [9.17, 15) is 14.9 Å². The molecule has 6 nitrogen and oxygen atoms in total. The second-order valence-electron chi connectivity index (χ2n) is 5.81. The van der Waals surface area contributed by atoms with Crippen LogP contribution in [0.4, 0.5) is 5.69 Å². The number of nitrogens with zero attached hydrogens (tertiary/aromatic N) is 2. The molecule has 1 aliphatic rings. The van der Waals surface area contributed by atoms with Gasteiger partial charge in [0.1, 0.15) is 0 Å². The Balaban J connectivity index is 0.00000220. The SMILES string of the molecule is Cc1cc(C(=O)N2CCC(C)(CN)C2)cc([N+](=O)[O-])c1.Cl. The number of hydrogen-bond donors (Lipinski definition) is 1. The first-order chi connectivity index (χ1) is 9.34. The van der Waals surface area contributed by atoms with Crippen LogP contribution >= 0.6 is 12.4 Å². The van der Waals surface area contributed by atoms with E-state index in [1.807, 2.05) is 0 Å². The summed E-state index contributed by atoms with van der Waals surface area (Å²) in [5.74, 6) is -0.158. The number of aryl methyl sites for hydroxylation is 1. The summed E-state index contributed by atoms with van der Waals surface area (Å²) < 4.78 is 0. The van der Waals surface area contributed by atoms with Gasteiger partial charge < -0.3 is 10.6 Å². The first kappa shape index (κ1) is 17.4. The van der Waals surface area contributed by atoms with Crippen LogP contribution in [-0.2, 0) is 0 Å². The van der Waals surface area contributed by atoms with E-state index >= 15 is 0 Å². The molecule has 1 heterocycles. The third-order valence-corrected chi connectivity index (χ3v) is 3.86. The first-order valence-corrected chi connectivity index (χ1v) is 6.60. The summed E-state index contributed by atoms with van der Waals surface area (Å²) in [5.41, 5.74) is 6.72. The van der Waals surface area contributed by atoms with Gasteiger partial charge in [0.05, 0.1) is 4.92 Å². The number of amides is 1. The summed E-state index contributed by atoms with van der Waals surface area (Å²) in [6.07, 6.45) is 0.864. The fraction of sp³-hybridized carbons (Fsp3) is 0.500. The van der Waals surface area contributed by atoms with E-state index < -0.39 is 4.92 Å². The zero-order valence-corrected chi connectivity index (χ0v) is 13.0.